The number of likely N-dealkylation sites (tertiary alicyclic amines) is 1. The third kappa shape index (κ3) is 6.01. The molecule has 0 unspecified atom stereocenters. The lowest BCUT2D eigenvalue weighted by Crippen LogP contribution is -2.50. The van der Waals surface area contributed by atoms with Gasteiger partial charge in [-0.15, -0.1) is 0 Å². The number of carbonyl (C=O) groups excluding carboxylic acids is 2. The van der Waals surface area contributed by atoms with Crippen LogP contribution in [0.1, 0.15) is 19.3 Å². The van der Waals surface area contributed by atoms with E-state index in [4.69, 9.17) is 21.1 Å². The van der Waals surface area contributed by atoms with Gasteiger partial charge in [0, 0.05) is 75.3 Å². The second-order valence-corrected chi connectivity index (χ2v) is 8.69. The summed E-state index contributed by atoms with van der Waals surface area (Å²) >= 11 is 6.11. The molecule has 172 valence electrons. The number of benzene rings is 1. The number of nitrogens with zero attached hydrogens (tertiary/aromatic N) is 4. The summed E-state index contributed by atoms with van der Waals surface area (Å²) in [5, 5.41) is 0.607. The molecular weight excluding hydrogens is 432 g/mol. The van der Waals surface area contributed by atoms with E-state index < -0.39 is 0 Å². The number of amides is 2. The first-order valence-electron chi connectivity index (χ1n) is 11.1. The van der Waals surface area contributed by atoms with Crippen LogP contribution in [0.2, 0.25) is 5.02 Å². The number of carbonyl (C=O) groups is 2. The summed E-state index contributed by atoms with van der Waals surface area (Å²) in [5.41, 5.74) is 0. The van der Waals surface area contributed by atoms with Gasteiger partial charge in [-0.3, -0.25) is 9.59 Å². The molecule has 1 aromatic heterocycles. The minimum atomic E-state index is -0.156. The van der Waals surface area contributed by atoms with Crippen LogP contribution in [-0.4, -0.2) is 76.7 Å². The molecule has 0 saturated carbocycles. The number of morpholine rings is 1. The number of halogens is 1. The van der Waals surface area contributed by atoms with E-state index in [9.17, 15) is 9.59 Å². The van der Waals surface area contributed by atoms with Crippen LogP contribution in [0.3, 0.4) is 0 Å². The largest absolute Gasteiger partial charge is 0.490 e. The van der Waals surface area contributed by atoms with Gasteiger partial charge in [0.1, 0.15) is 11.9 Å². The maximum atomic E-state index is 13.0. The zero-order valence-corrected chi connectivity index (χ0v) is 18.8. The third-order valence-electron chi connectivity index (χ3n) is 6.04. The van der Waals surface area contributed by atoms with Gasteiger partial charge in [-0.1, -0.05) is 17.7 Å². The molecule has 0 spiro atoms. The Balaban J connectivity index is 1.41. The summed E-state index contributed by atoms with van der Waals surface area (Å²) in [6.07, 6.45) is 6.53. The summed E-state index contributed by atoms with van der Waals surface area (Å²) in [6, 6.07) is 7.30. The van der Waals surface area contributed by atoms with Crippen LogP contribution < -0.4 is 4.74 Å². The number of ether oxygens (including phenoxy) is 2. The molecule has 3 heterocycles. The lowest BCUT2D eigenvalue weighted by molar-refractivity contribution is -0.141. The van der Waals surface area contributed by atoms with Crippen molar-refractivity contribution < 1.29 is 19.1 Å². The maximum Gasteiger partial charge on any atom is 0.224 e. The van der Waals surface area contributed by atoms with E-state index in [1.807, 2.05) is 32.7 Å². The van der Waals surface area contributed by atoms with E-state index in [2.05, 4.69) is 4.98 Å². The van der Waals surface area contributed by atoms with Gasteiger partial charge in [-0.05, 0) is 18.2 Å². The highest BCUT2D eigenvalue weighted by molar-refractivity contribution is 6.30. The van der Waals surface area contributed by atoms with Crippen molar-refractivity contribution in [3.05, 3.63) is 48.0 Å². The highest BCUT2D eigenvalue weighted by Gasteiger charge is 2.35. The normalized spacial score (nSPS) is 21.4. The van der Waals surface area contributed by atoms with Crippen molar-refractivity contribution in [3.8, 4) is 5.75 Å². The van der Waals surface area contributed by atoms with Gasteiger partial charge in [0.2, 0.25) is 11.8 Å². The minimum absolute atomic E-state index is 0.0868. The van der Waals surface area contributed by atoms with Gasteiger partial charge >= 0.3 is 0 Å². The fraction of sp³-hybridized carbons (Fsp3) is 0.522. The van der Waals surface area contributed by atoms with Crippen LogP contribution in [0.15, 0.2) is 43.0 Å². The van der Waals surface area contributed by atoms with E-state index in [1.54, 1.807) is 24.7 Å². The predicted octanol–water partition coefficient (Wildman–Crippen LogP) is 2.47. The maximum absolute atomic E-state index is 13.0. The number of hydrogen-bond donors (Lipinski definition) is 0. The van der Waals surface area contributed by atoms with Crippen molar-refractivity contribution in [2.24, 2.45) is 5.92 Å². The Morgan fingerprint density at radius 2 is 2.00 bits per heavy atom. The summed E-state index contributed by atoms with van der Waals surface area (Å²) in [4.78, 5) is 33.5. The summed E-state index contributed by atoms with van der Waals surface area (Å²) in [6.45, 7) is 4.06. The molecule has 0 aliphatic carbocycles. The van der Waals surface area contributed by atoms with E-state index in [0.29, 0.717) is 76.0 Å². The fourth-order valence-electron chi connectivity index (χ4n) is 4.27. The van der Waals surface area contributed by atoms with E-state index in [1.165, 1.54) is 0 Å². The molecule has 4 rings (SSSR count). The van der Waals surface area contributed by atoms with Crippen LogP contribution in [0.25, 0.3) is 0 Å². The number of imidazole rings is 1. The van der Waals surface area contributed by atoms with Crippen molar-refractivity contribution in [3.63, 3.8) is 0 Å². The Hall–Kier alpha value is -2.58. The Morgan fingerprint density at radius 3 is 2.75 bits per heavy atom. The molecule has 2 aromatic rings. The first kappa shape index (κ1) is 22.6. The van der Waals surface area contributed by atoms with Crippen LogP contribution in [0.5, 0.6) is 5.75 Å². The molecule has 8 nitrogen and oxygen atoms in total. The molecule has 0 radical (unpaired) electrons. The average molecular weight is 461 g/mol. The molecule has 1 aromatic carbocycles. The summed E-state index contributed by atoms with van der Waals surface area (Å²) in [5.74, 6) is 0.774. The molecular formula is C23H29ClN4O4. The van der Waals surface area contributed by atoms with Gasteiger partial charge < -0.3 is 23.8 Å². The Morgan fingerprint density at radius 1 is 1.16 bits per heavy atom. The third-order valence-corrected chi connectivity index (χ3v) is 6.28. The number of aromatic nitrogens is 2. The van der Waals surface area contributed by atoms with E-state index in [-0.39, 0.29) is 23.8 Å². The Labute approximate surface area is 193 Å². The molecule has 0 N–H and O–H groups in total. The van der Waals surface area contributed by atoms with Crippen molar-refractivity contribution in [1.82, 2.24) is 19.4 Å². The summed E-state index contributed by atoms with van der Waals surface area (Å²) < 4.78 is 13.5. The monoisotopic (exact) mass is 460 g/mol. The summed E-state index contributed by atoms with van der Waals surface area (Å²) in [7, 11) is 0. The Kier molecular flexibility index (Phi) is 7.65. The number of rotatable bonds is 7. The van der Waals surface area contributed by atoms with Gasteiger partial charge in [-0.25, -0.2) is 4.98 Å². The Bertz CT molecular complexity index is 901. The zero-order valence-electron chi connectivity index (χ0n) is 18.1. The lowest BCUT2D eigenvalue weighted by Gasteiger charge is -2.39. The molecule has 2 atom stereocenters. The molecule has 2 fully saturated rings. The van der Waals surface area contributed by atoms with Gasteiger partial charge in [-0.2, -0.15) is 0 Å². The second kappa shape index (κ2) is 10.8. The molecule has 2 saturated heterocycles. The van der Waals surface area contributed by atoms with Crippen LogP contribution in [-0.2, 0) is 20.9 Å². The van der Waals surface area contributed by atoms with Crippen LogP contribution in [0.4, 0.5) is 0 Å². The van der Waals surface area contributed by atoms with E-state index >= 15 is 0 Å². The molecule has 2 aliphatic rings. The van der Waals surface area contributed by atoms with Crippen LogP contribution >= 0.6 is 11.6 Å². The number of aryl methyl sites for hydroxylation is 1. The van der Waals surface area contributed by atoms with Crippen molar-refractivity contribution >= 4 is 23.4 Å². The quantitative estimate of drug-likeness (QED) is 0.634. The zero-order chi connectivity index (χ0) is 22.3. The standard InChI is InChI=1S/C23H29ClN4O4/c24-19-2-1-3-20(15-19)32-21-4-8-28(22(29)5-7-26-9-6-25-17-26)16-18(21)14-23(30)27-10-12-31-13-11-27/h1-3,6,9,15,17-18,21H,4-5,7-8,10-14,16H2/t18-,21-/m0/s1. The van der Waals surface area contributed by atoms with Gasteiger partial charge in [0.15, 0.2) is 0 Å². The lowest BCUT2D eigenvalue weighted by atomic mass is 9.90. The highest BCUT2D eigenvalue weighted by Crippen LogP contribution is 2.28. The number of hydrogen-bond acceptors (Lipinski definition) is 5. The first-order chi connectivity index (χ1) is 15.6. The molecule has 0 bridgehead atoms. The first-order valence-corrected chi connectivity index (χ1v) is 11.5. The van der Waals surface area contributed by atoms with Crippen molar-refractivity contribution in [2.45, 2.75) is 31.9 Å². The molecule has 32 heavy (non-hydrogen) atoms. The van der Waals surface area contributed by atoms with Gasteiger partial charge in [0.05, 0.1) is 19.5 Å². The molecule has 2 amide bonds. The highest BCUT2D eigenvalue weighted by atomic mass is 35.5. The average Bonchev–Trinajstić information content (AvgIpc) is 3.33. The van der Waals surface area contributed by atoms with Crippen LogP contribution in [0, 0.1) is 5.92 Å². The topological polar surface area (TPSA) is 76.9 Å². The predicted molar refractivity (Wildman–Crippen MR) is 119 cm³/mol. The smallest absolute Gasteiger partial charge is 0.224 e. The molecule has 9 heteroatoms. The SMILES string of the molecule is O=C(C[C@H]1CN(C(=O)CCn2ccnc2)CC[C@@H]1Oc1cccc(Cl)c1)N1CCOCC1. The molecule has 2 aliphatic heterocycles. The van der Waals surface area contributed by atoms with Gasteiger partial charge in [0.25, 0.3) is 0 Å². The van der Waals surface area contributed by atoms with Crippen molar-refractivity contribution in [1.29, 1.82) is 0 Å². The fourth-order valence-corrected chi connectivity index (χ4v) is 4.45. The van der Waals surface area contributed by atoms with Crippen molar-refractivity contribution in [2.75, 3.05) is 39.4 Å². The second-order valence-electron chi connectivity index (χ2n) is 8.25. The minimum Gasteiger partial charge on any atom is -0.490 e. The number of piperidine rings is 1. The van der Waals surface area contributed by atoms with E-state index in [0.717, 1.165) is 0 Å².